The van der Waals surface area contributed by atoms with Crippen LogP contribution >= 0.6 is 11.8 Å². The number of rotatable bonds is 9. The molecule has 0 atom stereocenters. The lowest BCUT2D eigenvalue weighted by Crippen LogP contribution is -2.64. The average molecular weight is 1220 g/mol. The molecule has 0 bridgehead atoms. The fourth-order valence-electron chi connectivity index (χ4n) is 13.6. The van der Waals surface area contributed by atoms with Crippen LogP contribution in [-0.4, -0.2) is 13.4 Å². The molecule has 0 unspecified atom stereocenters. The van der Waals surface area contributed by atoms with Gasteiger partial charge in [-0.25, -0.2) is 43.9 Å². The monoisotopic (exact) mass is 1220 g/mol. The van der Waals surface area contributed by atoms with Gasteiger partial charge in [0.1, 0.15) is 80.9 Å². The predicted octanol–water partition coefficient (Wildman–Crippen LogP) is 16.9. The maximum Gasteiger partial charge on any atom is 0.252 e. The zero-order valence-electron chi connectivity index (χ0n) is 46.6. The Bertz CT molecular complexity index is 4910. The van der Waals surface area contributed by atoms with Crippen molar-refractivity contribution < 1.29 is 43.9 Å². The Morgan fingerprint density at radius 2 is 0.689 bits per heavy atom. The molecule has 5 nitrogen and oxygen atoms in total. The van der Waals surface area contributed by atoms with Gasteiger partial charge in [-0.05, 0) is 155 Å². The van der Waals surface area contributed by atoms with E-state index in [2.05, 4.69) is 0 Å². The SMILES string of the molecule is Fc1ccc(N2c3cc4c(cc3B3c5ccccc5N(c5c(F)cccc5F)c5cc(N(c6ccccc6)c6c(F)cccc6F)cc2c53)B2c3ccccc3N(c3c(F)cccc3F)c3cc(N(c5ccccc5)c5c(F)cccc5F)cc(c32)S4)c(F)c1. The number of hydrogen-bond donors (Lipinski definition) is 0. The topological polar surface area (TPSA) is 16.2 Å². The quantitative estimate of drug-likeness (QED) is 0.105. The normalized spacial score (nSPS) is 13.1. The van der Waals surface area contributed by atoms with Crippen LogP contribution in [0.15, 0.2) is 246 Å². The first-order valence-corrected chi connectivity index (χ1v) is 29.4. The molecule has 4 aliphatic rings. The van der Waals surface area contributed by atoms with Crippen molar-refractivity contribution in [2.75, 3.05) is 24.5 Å². The Labute approximate surface area is 513 Å². The summed E-state index contributed by atoms with van der Waals surface area (Å²) in [6, 6.07) is 58.6. The van der Waals surface area contributed by atoms with Crippen LogP contribution in [0.5, 0.6) is 0 Å². The number of halogens is 10. The van der Waals surface area contributed by atoms with E-state index in [0.29, 0.717) is 65.3 Å². The Hall–Kier alpha value is -10.6. The third kappa shape index (κ3) is 8.37. The average Bonchev–Trinajstić information content (AvgIpc) is 0.693. The summed E-state index contributed by atoms with van der Waals surface area (Å²) in [6.07, 6.45) is 0. The molecule has 0 saturated carbocycles. The van der Waals surface area contributed by atoms with E-state index in [1.807, 2.05) is 30.3 Å². The zero-order chi connectivity index (χ0) is 61.4. The minimum absolute atomic E-state index is 0.0695. The van der Waals surface area contributed by atoms with E-state index in [0.717, 1.165) is 60.7 Å². The molecule has 16 rings (SSSR count). The molecule has 0 spiro atoms. The maximum atomic E-state index is 17.4. The highest BCUT2D eigenvalue weighted by Gasteiger charge is 2.49. The fourth-order valence-corrected chi connectivity index (χ4v) is 14.8. The van der Waals surface area contributed by atoms with Gasteiger partial charge in [-0.15, -0.1) is 0 Å². The second-order valence-corrected chi connectivity index (χ2v) is 23.1. The van der Waals surface area contributed by atoms with Crippen LogP contribution in [0.4, 0.5) is 129 Å². The molecule has 90 heavy (non-hydrogen) atoms. The summed E-state index contributed by atoms with van der Waals surface area (Å²) in [6.45, 7) is -1.65. The Kier molecular flexibility index (Phi) is 12.8. The predicted molar refractivity (Wildman–Crippen MR) is 339 cm³/mol. The highest BCUT2D eigenvalue weighted by molar-refractivity contribution is 8.00. The van der Waals surface area contributed by atoms with Crippen molar-refractivity contribution >= 4 is 143 Å². The van der Waals surface area contributed by atoms with E-state index in [-0.39, 0.29) is 39.8 Å². The van der Waals surface area contributed by atoms with Crippen molar-refractivity contribution in [2.45, 2.75) is 9.79 Å². The molecular formula is C72H39B2F10N5S. The molecular weight excluding hydrogens is 1180 g/mol. The van der Waals surface area contributed by atoms with E-state index in [1.54, 1.807) is 120 Å². The van der Waals surface area contributed by atoms with Crippen LogP contribution in [0.1, 0.15) is 0 Å². The lowest BCUT2D eigenvalue weighted by atomic mass is 9.31. The minimum Gasteiger partial charge on any atom is -0.308 e. The van der Waals surface area contributed by atoms with E-state index < -0.39 is 94.3 Å². The van der Waals surface area contributed by atoms with Gasteiger partial charge in [-0.2, -0.15) is 0 Å². The lowest BCUT2D eigenvalue weighted by Gasteiger charge is -2.46. The largest absolute Gasteiger partial charge is 0.308 e. The van der Waals surface area contributed by atoms with Gasteiger partial charge in [-0.1, -0.05) is 120 Å². The van der Waals surface area contributed by atoms with Crippen LogP contribution in [0.25, 0.3) is 0 Å². The van der Waals surface area contributed by atoms with E-state index in [4.69, 9.17) is 0 Å². The van der Waals surface area contributed by atoms with Crippen molar-refractivity contribution in [3.05, 3.63) is 295 Å². The van der Waals surface area contributed by atoms with Crippen molar-refractivity contribution in [1.29, 1.82) is 0 Å². The van der Waals surface area contributed by atoms with Gasteiger partial charge < -0.3 is 24.5 Å². The van der Waals surface area contributed by atoms with Crippen molar-refractivity contribution in [3.63, 3.8) is 0 Å². The molecule has 0 radical (unpaired) electrons. The zero-order valence-corrected chi connectivity index (χ0v) is 47.4. The van der Waals surface area contributed by atoms with Gasteiger partial charge in [0.05, 0.1) is 11.4 Å². The number of hydrogen-bond acceptors (Lipinski definition) is 6. The van der Waals surface area contributed by atoms with Gasteiger partial charge in [0.2, 0.25) is 6.71 Å². The number of fused-ring (bicyclic) bond motifs is 8. The lowest BCUT2D eigenvalue weighted by molar-refractivity contribution is 0.584. The van der Waals surface area contributed by atoms with Gasteiger partial charge in [-0.3, -0.25) is 0 Å². The number of nitrogens with zero attached hydrogens (tertiary/aromatic N) is 5. The summed E-state index contributed by atoms with van der Waals surface area (Å²) < 4.78 is 166. The van der Waals surface area contributed by atoms with E-state index in [9.17, 15) is 0 Å². The molecule has 434 valence electrons. The van der Waals surface area contributed by atoms with Gasteiger partial charge in [0.25, 0.3) is 6.71 Å². The molecule has 0 amide bonds. The first-order chi connectivity index (χ1) is 43.8. The Balaban J connectivity index is 1.02. The van der Waals surface area contributed by atoms with Crippen LogP contribution in [0.2, 0.25) is 0 Å². The molecule has 4 aliphatic heterocycles. The molecule has 18 heteroatoms. The first-order valence-electron chi connectivity index (χ1n) is 28.5. The van der Waals surface area contributed by atoms with Crippen molar-refractivity contribution in [1.82, 2.24) is 0 Å². The molecule has 0 aromatic heterocycles. The molecule has 12 aromatic carbocycles. The Morgan fingerprint density at radius 3 is 1.18 bits per heavy atom. The first kappa shape index (κ1) is 54.8. The minimum atomic E-state index is -1.01. The highest BCUT2D eigenvalue weighted by Crippen LogP contribution is 2.53. The molecule has 4 heterocycles. The van der Waals surface area contributed by atoms with Crippen molar-refractivity contribution in [2.24, 2.45) is 0 Å². The third-order valence-electron chi connectivity index (χ3n) is 17.1. The number of para-hydroxylation sites is 8. The summed E-state index contributed by atoms with van der Waals surface area (Å²) >= 11 is 1.24. The van der Waals surface area contributed by atoms with Crippen LogP contribution < -0.4 is 57.3 Å². The summed E-state index contributed by atoms with van der Waals surface area (Å²) in [5.74, 6) is -9.29. The van der Waals surface area contributed by atoms with Gasteiger partial charge >= 0.3 is 0 Å². The van der Waals surface area contributed by atoms with Crippen LogP contribution in [0.3, 0.4) is 0 Å². The smallest absolute Gasteiger partial charge is 0.252 e. The van der Waals surface area contributed by atoms with E-state index in [1.165, 1.54) is 61.7 Å². The summed E-state index contributed by atoms with van der Waals surface area (Å²) in [5.41, 5.74) is 3.85. The maximum absolute atomic E-state index is 17.4. The van der Waals surface area contributed by atoms with Crippen molar-refractivity contribution in [3.8, 4) is 0 Å². The highest BCUT2D eigenvalue weighted by atomic mass is 32.2. The molecule has 12 aromatic rings. The number of anilines is 15. The fraction of sp³-hybridized carbons (Fsp3) is 0. The second kappa shape index (κ2) is 21.1. The third-order valence-corrected chi connectivity index (χ3v) is 18.2. The summed E-state index contributed by atoms with van der Waals surface area (Å²) in [5, 5.41) is 0. The Morgan fingerprint density at radius 1 is 0.267 bits per heavy atom. The molecule has 0 saturated heterocycles. The second-order valence-electron chi connectivity index (χ2n) is 22.0. The summed E-state index contributed by atoms with van der Waals surface area (Å²) in [7, 11) is 0. The number of benzene rings is 12. The molecule has 0 aliphatic carbocycles. The molecule has 0 N–H and O–H groups in total. The van der Waals surface area contributed by atoms with E-state index >= 15 is 43.9 Å². The molecule has 0 fully saturated rings. The van der Waals surface area contributed by atoms with Crippen LogP contribution in [-0.2, 0) is 0 Å². The van der Waals surface area contributed by atoms with Gasteiger partial charge in [0.15, 0.2) is 0 Å². The van der Waals surface area contributed by atoms with Gasteiger partial charge in [0, 0.05) is 67.0 Å². The summed E-state index contributed by atoms with van der Waals surface area (Å²) in [4.78, 5) is 8.29. The van der Waals surface area contributed by atoms with Crippen LogP contribution in [0, 0.1) is 58.2 Å². The standard InChI is InChI=1S/C72H39B2F10N5S/c75-40-31-32-60(57(84)33-40)87-61-39-65-48(74-46-20-8-10-30-59(46)89(72-55(82)27-14-28-56(72)83)64-36-44(37-66(90-65)68(64)74)86(42-17-5-2-6-18-42)70-51(78)23-12-24-52(70)79)38-47(61)73-45-19-7-9-29-58(45)88(71-53(80)25-13-26-54(71)81)63-35-43(34-62(87)67(63)73)85(41-15-3-1-4-16-41)69-49(76)21-11-22-50(69)77/h1-39H.